The molecule has 0 atom stereocenters. The number of rotatable bonds is 0. The van der Waals surface area contributed by atoms with E-state index in [2.05, 4.69) is 17.0 Å². The Morgan fingerprint density at radius 2 is 2.60 bits per heavy atom. The molecule has 10 heavy (non-hydrogen) atoms. The van der Waals surface area contributed by atoms with Gasteiger partial charge in [0.2, 0.25) is 0 Å². The van der Waals surface area contributed by atoms with Crippen LogP contribution in [0.15, 0.2) is 29.5 Å². The maximum atomic E-state index is 4.27. The Bertz CT molecular complexity index is 227. The minimum Gasteiger partial charge on any atom is -0.300 e. The summed E-state index contributed by atoms with van der Waals surface area (Å²) in [6.07, 6.45) is 4.78. The molecule has 0 radical (unpaired) electrons. The molecule has 0 spiro atoms. The van der Waals surface area contributed by atoms with Gasteiger partial charge in [0.05, 0.1) is 0 Å². The first kappa shape index (κ1) is 5.53. The smallest absolute Gasteiger partial charge is 0.148 e. The predicted octanol–water partition coefficient (Wildman–Crippen LogP) is 0.636. The normalized spacial score (nSPS) is 22.2. The number of amidine groups is 1. The van der Waals surface area contributed by atoms with Gasteiger partial charge in [-0.3, -0.25) is 10.4 Å². The SMILES string of the molecule is C=C1CCN=C2C=CNN12. The molecule has 2 rings (SSSR count). The Morgan fingerprint density at radius 1 is 1.70 bits per heavy atom. The molecule has 3 heteroatoms. The van der Waals surface area contributed by atoms with Crippen molar-refractivity contribution in [3.63, 3.8) is 0 Å². The summed E-state index contributed by atoms with van der Waals surface area (Å²) in [5.74, 6) is 0.983. The van der Waals surface area contributed by atoms with Crippen molar-refractivity contribution >= 4 is 5.84 Å². The second-order valence-corrected chi connectivity index (χ2v) is 2.35. The van der Waals surface area contributed by atoms with Crippen molar-refractivity contribution in [3.8, 4) is 0 Å². The third-order valence-corrected chi connectivity index (χ3v) is 1.66. The van der Waals surface area contributed by atoms with Gasteiger partial charge in [0.25, 0.3) is 0 Å². The summed E-state index contributed by atoms with van der Waals surface area (Å²) in [6.45, 7) is 4.77. The molecular formula is C7H9N3. The van der Waals surface area contributed by atoms with Crippen molar-refractivity contribution < 1.29 is 0 Å². The lowest BCUT2D eigenvalue weighted by molar-refractivity contribution is 0.429. The Kier molecular flexibility index (Phi) is 1.03. The molecule has 52 valence electrons. The number of hydrazine groups is 1. The maximum absolute atomic E-state index is 4.27. The molecule has 2 aliphatic rings. The third kappa shape index (κ3) is 0.635. The average molecular weight is 135 g/mol. The number of nitrogens with zero attached hydrogens (tertiary/aromatic N) is 2. The van der Waals surface area contributed by atoms with Crippen molar-refractivity contribution in [3.05, 3.63) is 24.6 Å². The fourth-order valence-electron chi connectivity index (χ4n) is 1.12. The van der Waals surface area contributed by atoms with Crippen LogP contribution in [0.25, 0.3) is 0 Å². The van der Waals surface area contributed by atoms with E-state index in [1.54, 1.807) is 0 Å². The molecular weight excluding hydrogens is 126 g/mol. The van der Waals surface area contributed by atoms with E-state index >= 15 is 0 Å². The molecule has 0 fully saturated rings. The molecule has 0 saturated heterocycles. The lowest BCUT2D eigenvalue weighted by Crippen LogP contribution is -2.35. The van der Waals surface area contributed by atoms with E-state index in [-0.39, 0.29) is 0 Å². The Hall–Kier alpha value is -1.25. The lowest BCUT2D eigenvalue weighted by Gasteiger charge is -2.24. The summed E-state index contributed by atoms with van der Waals surface area (Å²) in [6, 6.07) is 0. The number of hydrogen-bond donors (Lipinski definition) is 1. The second kappa shape index (κ2) is 1.87. The molecule has 0 saturated carbocycles. The van der Waals surface area contributed by atoms with Gasteiger partial charge in [0, 0.05) is 24.9 Å². The fourth-order valence-corrected chi connectivity index (χ4v) is 1.12. The highest BCUT2D eigenvalue weighted by Crippen LogP contribution is 2.14. The molecule has 0 bridgehead atoms. The maximum Gasteiger partial charge on any atom is 0.148 e. The number of aliphatic imine (C=N–C) groups is 1. The van der Waals surface area contributed by atoms with Crippen LogP contribution in [0, 0.1) is 0 Å². The highest BCUT2D eigenvalue weighted by molar-refractivity contribution is 5.95. The zero-order chi connectivity index (χ0) is 6.97. The van der Waals surface area contributed by atoms with Crippen LogP contribution in [0.3, 0.4) is 0 Å². The second-order valence-electron chi connectivity index (χ2n) is 2.35. The number of fused-ring (bicyclic) bond motifs is 1. The molecule has 0 aromatic rings. The van der Waals surface area contributed by atoms with E-state index < -0.39 is 0 Å². The minimum atomic E-state index is 0.872. The van der Waals surface area contributed by atoms with Crippen molar-refractivity contribution in [2.24, 2.45) is 4.99 Å². The van der Waals surface area contributed by atoms with Crippen molar-refractivity contribution in [1.29, 1.82) is 0 Å². The first-order valence-corrected chi connectivity index (χ1v) is 3.33. The summed E-state index contributed by atoms with van der Waals surface area (Å²) in [5, 5.41) is 1.91. The van der Waals surface area contributed by atoms with Gasteiger partial charge in [-0.1, -0.05) is 6.58 Å². The summed E-state index contributed by atoms with van der Waals surface area (Å²) in [7, 11) is 0. The number of nitrogens with one attached hydrogen (secondary N) is 1. The van der Waals surface area contributed by atoms with Crippen LogP contribution in [0.1, 0.15) is 6.42 Å². The van der Waals surface area contributed by atoms with Gasteiger partial charge in [-0.25, -0.2) is 5.01 Å². The summed E-state index contributed by atoms with van der Waals surface area (Å²) >= 11 is 0. The van der Waals surface area contributed by atoms with Gasteiger partial charge in [-0.2, -0.15) is 0 Å². The van der Waals surface area contributed by atoms with Gasteiger partial charge in [-0.05, 0) is 6.08 Å². The van der Waals surface area contributed by atoms with Gasteiger partial charge < -0.3 is 0 Å². The largest absolute Gasteiger partial charge is 0.300 e. The van der Waals surface area contributed by atoms with Gasteiger partial charge in [0.15, 0.2) is 0 Å². The molecule has 1 N–H and O–H groups in total. The van der Waals surface area contributed by atoms with Gasteiger partial charge in [-0.15, -0.1) is 0 Å². The molecule has 2 aliphatic heterocycles. The first-order valence-electron chi connectivity index (χ1n) is 3.33. The Balaban J connectivity index is 2.32. The van der Waals surface area contributed by atoms with E-state index in [0.29, 0.717) is 0 Å². The van der Waals surface area contributed by atoms with Crippen LogP contribution in [0.2, 0.25) is 0 Å². The minimum absolute atomic E-state index is 0.872. The molecule has 0 aromatic carbocycles. The number of hydrogen-bond acceptors (Lipinski definition) is 3. The molecule has 0 unspecified atom stereocenters. The lowest BCUT2D eigenvalue weighted by atomic mass is 10.3. The van der Waals surface area contributed by atoms with Crippen molar-refractivity contribution in [1.82, 2.24) is 10.4 Å². The van der Waals surface area contributed by atoms with Crippen LogP contribution in [0.4, 0.5) is 0 Å². The van der Waals surface area contributed by atoms with Crippen LogP contribution in [-0.4, -0.2) is 17.4 Å². The Labute approximate surface area is 59.7 Å². The standard InChI is InChI=1S/C7H9N3/c1-6-2-4-8-7-3-5-9-10(6)7/h3,5,9H,1-2,4H2. The van der Waals surface area contributed by atoms with E-state index in [0.717, 1.165) is 24.5 Å². The molecule has 2 heterocycles. The van der Waals surface area contributed by atoms with Gasteiger partial charge >= 0.3 is 0 Å². The zero-order valence-electron chi connectivity index (χ0n) is 5.67. The third-order valence-electron chi connectivity index (χ3n) is 1.66. The van der Waals surface area contributed by atoms with E-state index in [1.165, 1.54) is 0 Å². The Morgan fingerprint density at radius 3 is 3.40 bits per heavy atom. The molecule has 0 aromatic heterocycles. The molecule has 3 nitrogen and oxygen atoms in total. The summed E-state index contributed by atoms with van der Waals surface area (Å²) in [5.41, 5.74) is 4.12. The fraction of sp³-hybridized carbons (Fsp3) is 0.286. The van der Waals surface area contributed by atoms with Crippen LogP contribution < -0.4 is 5.43 Å². The quantitative estimate of drug-likeness (QED) is 0.527. The molecule has 0 aliphatic carbocycles. The van der Waals surface area contributed by atoms with Crippen molar-refractivity contribution in [2.45, 2.75) is 6.42 Å². The summed E-state index contributed by atoms with van der Waals surface area (Å²) in [4.78, 5) is 4.27. The van der Waals surface area contributed by atoms with Crippen molar-refractivity contribution in [2.75, 3.05) is 6.54 Å². The first-order chi connectivity index (χ1) is 4.88. The topological polar surface area (TPSA) is 27.6 Å². The van der Waals surface area contributed by atoms with Gasteiger partial charge in [0.1, 0.15) is 5.84 Å². The van der Waals surface area contributed by atoms with E-state index in [1.807, 2.05) is 17.3 Å². The van der Waals surface area contributed by atoms with Crippen LogP contribution in [0.5, 0.6) is 0 Å². The summed E-state index contributed by atoms with van der Waals surface area (Å²) < 4.78 is 0. The highest BCUT2D eigenvalue weighted by Gasteiger charge is 2.18. The predicted molar refractivity (Wildman–Crippen MR) is 40.2 cm³/mol. The molecule has 0 amide bonds. The van der Waals surface area contributed by atoms with Crippen LogP contribution >= 0.6 is 0 Å². The average Bonchev–Trinajstić information content (AvgIpc) is 2.36. The monoisotopic (exact) mass is 135 g/mol. The van der Waals surface area contributed by atoms with E-state index in [9.17, 15) is 0 Å². The highest BCUT2D eigenvalue weighted by atomic mass is 15.5. The van der Waals surface area contributed by atoms with E-state index in [4.69, 9.17) is 0 Å². The van der Waals surface area contributed by atoms with Crippen LogP contribution in [-0.2, 0) is 0 Å². The zero-order valence-corrected chi connectivity index (χ0v) is 5.67.